The molecule has 1 aliphatic carbocycles. The number of hydrogen-bond acceptors (Lipinski definition) is 1. The summed E-state index contributed by atoms with van der Waals surface area (Å²) in [7, 11) is 0. The van der Waals surface area contributed by atoms with Gasteiger partial charge in [-0.15, -0.1) is 0 Å². The molecule has 0 radical (unpaired) electrons. The minimum absolute atomic E-state index is 0.417. The molecule has 1 saturated heterocycles. The quantitative estimate of drug-likeness (QED) is 0.463. The first kappa shape index (κ1) is 4.80. The largest absolute Gasteiger partial charge is 0.375 e. The van der Waals surface area contributed by atoms with Crippen LogP contribution in [0.1, 0.15) is 32.1 Å². The minimum Gasteiger partial charge on any atom is -0.375 e. The first-order valence-electron chi connectivity index (χ1n) is 3.55. The fourth-order valence-electron chi connectivity index (χ4n) is 1.72. The van der Waals surface area contributed by atoms with Crippen molar-refractivity contribution in [1.29, 1.82) is 0 Å². The number of rotatable bonds is 0. The molecule has 1 heteroatoms. The maximum atomic E-state index is 5.58. The van der Waals surface area contributed by atoms with Crippen molar-refractivity contribution in [1.82, 2.24) is 0 Å². The topological polar surface area (TPSA) is 9.23 Å². The molecule has 2 fully saturated rings. The lowest BCUT2D eigenvalue weighted by atomic mass is 9.78. The van der Waals surface area contributed by atoms with Gasteiger partial charge in [0, 0.05) is 6.61 Å². The van der Waals surface area contributed by atoms with Crippen LogP contribution in [0.5, 0.6) is 0 Å². The Morgan fingerprint density at radius 3 is 2.00 bits per heavy atom. The third-order valence-corrected chi connectivity index (χ3v) is 2.45. The van der Waals surface area contributed by atoms with Crippen molar-refractivity contribution in [2.45, 2.75) is 37.7 Å². The van der Waals surface area contributed by atoms with E-state index in [9.17, 15) is 0 Å². The molecule has 1 heterocycles. The third kappa shape index (κ3) is 0.510. The second-order valence-electron chi connectivity index (χ2n) is 2.99. The summed E-state index contributed by atoms with van der Waals surface area (Å²) in [6.45, 7) is 1.03. The van der Waals surface area contributed by atoms with E-state index >= 15 is 0 Å². The average molecular weight is 112 g/mol. The fourth-order valence-corrected chi connectivity index (χ4v) is 1.72. The van der Waals surface area contributed by atoms with E-state index in [2.05, 4.69) is 0 Å². The van der Waals surface area contributed by atoms with Gasteiger partial charge >= 0.3 is 0 Å². The van der Waals surface area contributed by atoms with Crippen molar-refractivity contribution in [3.8, 4) is 0 Å². The van der Waals surface area contributed by atoms with Crippen molar-refractivity contribution < 1.29 is 4.74 Å². The van der Waals surface area contributed by atoms with Gasteiger partial charge in [0.15, 0.2) is 0 Å². The maximum absolute atomic E-state index is 5.58. The van der Waals surface area contributed by atoms with Gasteiger partial charge in [0.05, 0.1) is 5.60 Å². The first-order valence-corrected chi connectivity index (χ1v) is 3.55. The Morgan fingerprint density at radius 1 is 1.00 bits per heavy atom. The van der Waals surface area contributed by atoms with Crippen LogP contribution in [0, 0.1) is 0 Å². The average Bonchev–Trinajstić information content (AvgIpc) is 2.07. The zero-order chi connectivity index (χ0) is 5.45. The zero-order valence-electron chi connectivity index (χ0n) is 5.15. The van der Waals surface area contributed by atoms with Crippen molar-refractivity contribution in [3.05, 3.63) is 0 Å². The van der Waals surface area contributed by atoms with Crippen LogP contribution in [-0.2, 0) is 4.74 Å². The molecular weight excluding hydrogens is 100 g/mol. The van der Waals surface area contributed by atoms with Gasteiger partial charge in [0.25, 0.3) is 0 Å². The van der Waals surface area contributed by atoms with E-state index < -0.39 is 0 Å². The van der Waals surface area contributed by atoms with Gasteiger partial charge in [-0.05, 0) is 32.1 Å². The van der Waals surface area contributed by atoms with Crippen LogP contribution in [0.3, 0.4) is 0 Å². The smallest absolute Gasteiger partial charge is 0.0683 e. The molecule has 2 rings (SSSR count). The summed E-state index contributed by atoms with van der Waals surface area (Å²) in [5, 5.41) is 0. The predicted molar refractivity (Wildman–Crippen MR) is 31.8 cm³/mol. The van der Waals surface area contributed by atoms with Crippen LogP contribution in [-0.4, -0.2) is 12.2 Å². The molecule has 0 aromatic carbocycles. The normalized spacial score (nSPS) is 33.0. The summed E-state index contributed by atoms with van der Waals surface area (Å²) in [4.78, 5) is 0. The molecule has 0 N–H and O–H groups in total. The van der Waals surface area contributed by atoms with Crippen LogP contribution in [0.25, 0.3) is 0 Å². The molecule has 0 atom stereocenters. The van der Waals surface area contributed by atoms with Crippen molar-refractivity contribution in [2.24, 2.45) is 0 Å². The van der Waals surface area contributed by atoms with Crippen molar-refractivity contribution in [3.63, 3.8) is 0 Å². The summed E-state index contributed by atoms with van der Waals surface area (Å²) < 4.78 is 5.58. The first-order chi connectivity index (χ1) is 3.91. The standard InChI is InChI=1S/C7H12O/c1-3-7(4-1)5-2-6-8-7/h1-6H2. The lowest BCUT2D eigenvalue weighted by Crippen LogP contribution is -2.35. The predicted octanol–water partition coefficient (Wildman–Crippen LogP) is 1.72. The Hall–Kier alpha value is -0.0400. The molecular formula is C7H12O. The van der Waals surface area contributed by atoms with Gasteiger partial charge in [-0.2, -0.15) is 0 Å². The van der Waals surface area contributed by atoms with Crippen molar-refractivity contribution in [2.75, 3.05) is 6.61 Å². The fraction of sp³-hybridized carbons (Fsp3) is 1.00. The highest BCUT2D eigenvalue weighted by Crippen LogP contribution is 2.42. The Morgan fingerprint density at radius 2 is 1.75 bits per heavy atom. The molecule has 0 aromatic heterocycles. The monoisotopic (exact) mass is 112 g/mol. The molecule has 1 saturated carbocycles. The molecule has 46 valence electrons. The molecule has 0 unspecified atom stereocenters. The lowest BCUT2D eigenvalue weighted by Gasteiger charge is -2.36. The summed E-state index contributed by atoms with van der Waals surface area (Å²) >= 11 is 0. The van der Waals surface area contributed by atoms with Gasteiger partial charge < -0.3 is 4.74 Å². The zero-order valence-corrected chi connectivity index (χ0v) is 5.15. The van der Waals surface area contributed by atoms with E-state index in [0.717, 1.165) is 6.61 Å². The molecule has 1 nitrogen and oxygen atoms in total. The van der Waals surface area contributed by atoms with Gasteiger partial charge in [-0.1, -0.05) is 0 Å². The second kappa shape index (κ2) is 1.47. The van der Waals surface area contributed by atoms with E-state index in [1.54, 1.807) is 0 Å². The van der Waals surface area contributed by atoms with Gasteiger partial charge in [-0.25, -0.2) is 0 Å². The van der Waals surface area contributed by atoms with Crippen LogP contribution in [0.15, 0.2) is 0 Å². The lowest BCUT2D eigenvalue weighted by molar-refractivity contribution is -0.0561. The van der Waals surface area contributed by atoms with E-state index in [0.29, 0.717) is 5.60 Å². The minimum atomic E-state index is 0.417. The third-order valence-electron chi connectivity index (χ3n) is 2.45. The van der Waals surface area contributed by atoms with E-state index in [4.69, 9.17) is 4.74 Å². The van der Waals surface area contributed by atoms with Crippen LogP contribution in [0.2, 0.25) is 0 Å². The number of ether oxygens (including phenoxy) is 1. The Labute approximate surface area is 50.0 Å². The molecule has 1 aliphatic heterocycles. The Kier molecular flexibility index (Phi) is 0.884. The van der Waals surface area contributed by atoms with Crippen LogP contribution < -0.4 is 0 Å². The SMILES string of the molecule is C1COC2(C1)CCC2. The van der Waals surface area contributed by atoms with Crippen molar-refractivity contribution >= 4 is 0 Å². The molecule has 0 amide bonds. The highest BCUT2D eigenvalue weighted by molar-refractivity contribution is 4.92. The molecule has 2 aliphatic rings. The van der Waals surface area contributed by atoms with E-state index in [1.165, 1.54) is 32.1 Å². The van der Waals surface area contributed by atoms with Crippen LogP contribution in [0.4, 0.5) is 0 Å². The van der Waals surface area contributed by atoms with Gasteiger partial charge in [-0.3, -0.25) is 0 Å². The highest BCUT2D eigenvalue weighted by atomic mass is 16.5. The highest BCUT2D eigenvalue weighted by Gasteiger charge is 2.40. The summed E-state index contributed by atoms with van der Waals surface area (Å²) in [6, 6.07) is 0. The molecule has 0 bridgehead atoms. The summed E-state index contributed by atoms with van der Waals surface area (Å²) in [5.41, 5.74) is 0.417. The second-order valence-corrected chi connectivity index (χ2v) is 2.99. The van der Waals surface area contributed by atoms with E-state index in [-0.39, 0.29) is 0 Å². The Bertz CT molecular complexity index is 86.6. The molecule has 8 heavy (non-hydrogen) atoms. The summed E-state index contributed by atoms with van der Waals surface area (Å²) in [6.07, 6.45) is 6.73. The molecule has 1 spiro atoms. The molecule has 0 aromatic rings. The van der Waals surface area contributed by atoms with Crippen LogP contribution >= 0.6 is 0 Å². The van der Waals surface area contributed by atoms with Gasteiger partial charge in [0.1, 0.15) is 0 Å². The summed E-state index contributed by atoms with van der Waals surface area (Å²) in [5.74, 6) is 0. The maximum Gasteiger partial charge on any atom is 0.0683 e. The van der Waals surface area contributed by atoms with E-state index in [1.807, 2.05) is 0 Å². The Balaban J connectivity index is 2.01. The number of hydrogen-bond donors (Lipinski definition) is 0. The van der Waals surface area contributed by atoms with Gasteiger partial charge in [0.2, 0.25) is 0 Å².